The fourth-order valence-corrected chi connectivity index (χ4v) is 3.28. The molecule has 0 amide bonds. The highest BCUT2D eigenvalue weighted by molar-refractivity contribution is 7.80. The molecule has 0 atom stereocenters. The average Bonchev–Trinajstić information content (AvgIpc) is 2.89. The van der Waals surface area contributed by atoms with E-state index in [-0.39, 0.29) is 0 Å². The number of anilines is 2. The van der Waals surface area contributed by atoms with Gasteiger partial charge in [-0.05, 0) is 55.0 Å². The highest BCUT2D eigenvalue weighted by Crippen LogP contribution is 2.25. The van der Waals surface area contributed by atoms with Gasteiger partial charge in [-0.3, -0.25) is 4.68 Å². The zero-order valence-corrected chi connectivity index (χ0v) is 16.8. The van der Waals surface area contributed by atoms with E-state index in [1.165, 1.54) is 0 Å². The molecular weight excluding hydrogens is 411 g/mol. The summed E-state index contributed by atoms with van der Waals surface area (Å²) in [6.45, 7) is 2.60. The Bertz CT molecular complexity index is 955. The second-order valence-corrected chi connectivity index (χ2v) is 7.35. The average molecular weight is 426 g/mol. The van der Waals surface area contributed by atoms with Gasteiger partial charge >= 0.3 is 0 Å². The maximum absolute atomic E-state index is 6.14. The predicted octanol–water partition coefficient (Wildman–Crippen LogP) is 6.01. The van der Waals surface area contributed by atoms with Crippen LogP contribution in [0.1, 0.15) is 11.3 Å². The summed E-state index contributed by atoms with van der Waals surface area (Å²) in [5.74, 6) is 0.645. The van der Waals surface area contributed by atoms with Crippen molar-refractivity contribution >= 4 is 63.6 Å². The maximum atomic E-state index is 6.14. The van der Waals surface area contributed by atoms with Gasteiger partial charge in [0.05, 0.1) is 17.3 Å². The summed E-state index contributed by atoms with van der Waals surface area (Å²) in [4.78, 5) is 0. The Balaban J connectivity index is 1.67. The molecule has 4 nitrogen and oxygen atoms in total. The Kier molecular flexibility index (Phi) is 6.04. The molecule has 0 bridgehead atoms. The smallest absolute Gasteiger partial charge is 0.176 e. The van der Waals surface area contributed by atoms with Crippen molar-refractivity contribution in [3.05, 3.63) is 74.9 Å². The molecule has 2 aromatic carbocycles. The second kappa shape index (κ2) is 8.27. The van der Waals surface area contributed by atoms with E-state index in [0.717, 1.165) is 11.3 Å². The monoisotopic (exact) mass is 424 g/mol. The number of benzene rings is 2. The van der Waals surface area contributed by atoms with Crippen molar-refractivity contribution in [3.63, 3.8) is 0 Å². The van der Waals surface area contributed by atoms with Crippen molar-refractivity contribution in [1.82, 2.24) is 9.78 Å². The maximum Gasteiger partial charge on any atom is 0.176 e. The van der Waals surface area contributed by atoms with Crippen LogP contribution in [0.15, 0.2) is 48.5 Å². The number of nitrogens with one attached hydrogen (secondary N) is 2. The topological polar surface area (TPSA) is 41.9 Å². The van der Waals surface area contributed by atoms with E-state index in [1.54, 1.807) is 18.2 Å². The third kappa shape index (κ3) is 4.89. The van der Waals surface area contributed by atoms with Crippen LogP contribution in [0.3, 0.4) is 0 Å². The molecule has 0 aliphatic carbocycles. The molecule has 8 heteroatoms. The Hall–Kier alpha value is -1.79. The quantitative estimate of drug-likeness (QED) is 0.502. The minimum atomic E-state index is 0.390. The van der Waals surface area contributed by atoms with Crippen molar-refractivity contribution in [1.29, 1.82) is 0 Å². The molecule has 0 aliphatic rings. The minimum Gasteiger partial charge on any atom is -0.331 e. The number of thiocarbonyl (C=S) groups is 1. The molecule has 3 rings (SSSR count). The molecule has 0 fully saturated rings. The number of hydrogen-bond donors (Lipinski definition) is 2. The van der Waals surface area contributed by atoms with Gasteiger partial charge < -0.3 is 10.6 Å². The van der Waals surface area contributed by atoms with Gasteiger partial charge in [-0.1, -0.05) is 46.9 Å². The van der Waals surface area contributed by atoms with Crippen molar-refractivity contribution in [2.75, 3.05) is 10.6 Å². The number of halogens is 3. The zero-order chi connectivity index (χ0) is 18.7. The van der Waals surface area contributed by atoms with Crippen LogP contribution in [0.5, 0.6) is 0 Å². The van der Waals surface area contributed by atoms with E-state index in [0.29, 0.717) is 38.2 Å². The van der Waals surface area contributed by atoms with Crippen LogP contribution < -0.4 is 10.6 Å². The molecule has 0 spiro atoms. The number of aryl methyl sites for hydroxylation is 1. The van der Waals surface area contributed by atoms with Crippen molar-refractivity contribution < 1.29 is 0 Å². The van der Waals surface area contributed by atoms with Crippen LogP contribution in [-0.2, 0) is 6.54 Å². The van der Waals surface area contributed by atoms with Crippen LogP contribution in [0, 0.1) is 6.92 Å². The number of aromatic nitrogens is 2. The Morgan fingerprint density at radius 2 is 1.81 bits per heavy atom. The summed E-state index contributed by atoms with van der Waals surface area (Å²) in [7, 11) is 0. The Labute approximate surface area is 172 Å². The van der Waals surface area contributed by atoms with E-state index in [1.807, 2.05) is 41.9 Å². The highest BCUT2D eigenvalue weighted by atomic mass is 35.5. The Morgan fingerprint density at radius 1 is 1.04 bits per heavy atom. The molecule has 0 aliphatic heterocycles. The first-order valence-electron chi connectivity index (χ1n) is 7.72. The molecule has 2 N–H and O–H groups in total. The fourth-order valence-electron chi connectivity index (χ4n) is 2.40. The first kappa shape index (κ1) is 19.0. The normalized spacial score (nSPS) is 10.6. The molecule has 134 valence electrons. The standard InChI is InChI=1S/C18H15Cl3N4S/c1-11-7-17(24-25(11)10-12-3-2-4-13(19)8-12)23-18(26)22-16-6-5-14(20)9-15(16)21/h2-9H,10H2,1H3,(H2,22,23,24,26). The molecule has 0 saturated carbocycles. The first-order valence-corrected chi connectivity index (χ1v) is 9.27. The summed E-state index contributed by atoms with van der Waals surface area (Å²) < 4.78 is 1.88. The number of rotatable bonds is 4. The molecule has 3 aromatic rings. The van der Waals surface area contributed by atoms with Crippen molar-refractivity contribution in [2.24, 2.45) is 0 Å². The van der Waals surface area contributed by atoms with Gasteiger partial charge in [-0.25, -0.2) is 0 Å². The molecular formula is C18H15Cl3N4S. The van der Waals surface area contributed by atoms with Gasteiger partial charge in [0.15, 0.2) is 10.9 Å². The lowest BCUT2D eigenvalue weighted by atomic mass is 10.2. The van der Waals surface area contributed by atoms with Crippen molar-refractivity contribution in [2.45, 2.75) is 13.5 Å². The van der Waals surface area contributed by atoms with Gasteiger partial charge in [0, 0.05) is 21.8 Å². The molecule has 0 unspecified atom stereocenters. The van der Waals surface area contributed by atoms with Crippen LogP contribution in [-0.4, -0.2) is 14.9 Å². The summed E-state index contributed by atoms with van der Waals surface area (Å²) in [5, 5.41) is 12.8. The van der Waals surface area contributed by atoms with Crippen LogP contribution in [0.25, 0.3) is 0 Å². The van der Waals surface area contributed by atoms with Gasteiger partial charge in [0.1, 0.15) is 0 Å². The largest absolute Gasteiger partial charge is 0.331 e. The third-order valence-corrected chi connectivity index (χ3v) is 4.61. The van der Waals surface area contributed by atoms with Gasteiger partial charge in [0.25, 0.3) is 0 Å². The lowest BCUT2D eigenvalue weighted by Gasteiger charge is -2.10. The van der Waals surface area contributed by atoms with Gasteiger partial charge in [-0.2, -0.15) is 5.10 Å². The van der Waals surface area contributed by atoms with Crippen molar-refractivity contribution in [3.8, 4) is 0 Å². The summed E-state index contributed by atoms with van der Waals surface area (Å²) >= 11 is 23.4. The molecule has 1 heterocycles. The van der Waals surface area contributed by atoms with Crippen LogP contribution in [0.4, 0.5) is 11.5 Å². The summed E-state index contributed by atoms with van der Waals surface area (Å²) in [6, 6.07) is 14.8. The zero-order valence-electron chi connectivity index (χ0n) is 13.8. The van der Waals surface area contributed by atoms with E-state index in [4.69, 9.17) is 47.0 Å². The third-order valence-electron chi connectivity index (χ3n) is 3.62. The summed E-state index contributed by atoms with van der Waals surface area (Å²) in [5.41, 5.74) is 2.74. The van der Waals surface area contributed by atoms with Crippen LogP contribution >= 0.6 is 47.0 Å². The number of hydrogen-bond acceptors (Lipinski definition) is 2. The molecule has 1 aromatic heterocycles. The first-order chi connectivity index (χ1) is 12.4. The van der Waals surface area contributed by atoms with E-state index < -0.39 is 0 Å². The molecule has 26 heavy (non-hydrogen) atoms. The molecule has 0 radical (unpaired) electrons. The highest BCUT2D eigenvalue weighted by Gasteiger charge is 2.08. The summed E-state index contributed by atoms with van der Waals surface area (Å²) in [6.07, 6.45) is 0. The number of nitrogens with zero attached hydrogens (tertiary/aromatic N) is 2. The van der Waals surface area contributed by atoms with Gasteiger partial charge in [0.2, 0.25) is 0 Å². The second-order valence-electron chi connectivity index (χ2n) is 5.66. The Morgan fingerprint density at radius 3 is 2.54 bits per heavy atom. The van der Waals surface area contributed by atoms with Gasteiger partial charge in [-0.15, -0.1) is 0 Å². The van der Waals surface area contributed by atoms with E-state index in [9.17, 15) is 0 Å². The SMILES string of the molecule is Cc1cc(NC(=S)Nc2ccc(Cl)cc2Cl)nn1Cc1cccc(Cl)c1. The minimum absolute atomic E-state index is 0.390. The van der Waals surface area contributed by atoms with E-state index >= 15 is 0 Å². The van der Waals surface area contributed by atoms with E-state index in [2.05, 4.69) is 15.7 Å². The molecule has 0 saturated heterocycles. The fraction of sp³-hybridized carbons (Fsp3) is 0.111. The lowest BCUT2D eigenvalue weighted by Crippen LogP contribution is -2.19. The predicted molar refractivity (Wildman–Crippen MR) is 114 cm³/mol. The lowest BCUT2D eigenvalue weighted by molar-refractivity contribution is 0.668. The van der Waals surface area contributed by atoms with Crippen LogP contribution in [0.2, 0.25) is 15.1 Å².